The van der Waals surface area contributed by atoms with Gasteiger partial charge in [-0.2, -0.15) is 0 Å². The average Bonchev–Trinajstić information content (AvgIpc) is 2.46. The van der Waals surface area contributed by atoms with E-state index in [-0.39, 0.29) is 11.9 Å². The second-order valence-corrected chi connectivity index (χ2v) is 7.64. The van der Waals surface area contributed by atoms with Gasteiger partial charge < -0.3 is 9.64 Å². The fraction of sp³-hybridized carbons (Fsp3) is 0.562. The molecular weight excluding hydrogens is 316 g/mol. The summed E-state index contributed by atoms with van der Waals surface area (Å²) in [5, 5.41) is 0. The molecule has 6 nitrogen and oxygen atoms in total. The molecule has 1 aliphatic rings. The zero-order valence-corrected chi connectivity index (χ0v) is 14.9. The van der Waals surface area contributed by atoms with E-state index in [1.165, 1.54) is 6.92 Å². The van der Waals surface area contributed by atoms with Gasteiger partial charge in [0.15, 0.2) is 0 Å². The lowest BCUT2D eigenvalue weighted by Gasteiger charge is -2.31. The van der Waals surface area contributed by atoms with Crippen LogP contribution < -0.4 is 9.46 Å². The molecule has 0 aliphatic carbocycles. The van der Waals surface area contributed by atoms with Crippen LogP contribution in [0, 0.1) is 13.8 Å². The number of hydrogen-bond donors (Lipinski definition) is 1. The van der Waals surface area contributed by atoms with E-state index in [1.54, 1.807) is 38.0 Å². The maximum atomic E-state index is 12.7. The Balaban J connectivity index is 2.16. The number of nitrogens with zero attached hydrogens (tertiary/aromatic N) is 1. The van der Waals surface area contributed by atoms with Gasteiger partial charge in [0.05, 0.1) is 12.0 Å². The molecule has 0 unspecified atom stereocenters. The van der Waals surface area contributed by atoms with Crippen molar-refractivity contribution in [1.82, 2.24) is 9.62 Å². The quantitative estimate of drug-likeness (QED) is 0.903. The number of hydrogen-bond acceptors (Lipinski definition) is 4. The van der Waals surface area contributed by atoms with Gasteiger partial charge in [0, 0.05) is 26.1 Å². The van der Waals surface area contributed by atoms with E-state index in [1.807, 2.05) is 0 Å². The molecule has 128 valence electrons. The van der Waals surface area contributed by atoms with Gasteiger partial charge in [-0.25, -0.2) is 13.1 Å². The van der Waals surface area contributed by atoms with Crippen LogP contribution in [0.1, 0.15) is 30.9 Å². The van der Waals surface area contributed by atoms with Crippen molar-refractivity contribution in [3.05, 3.63) is 23.3 Å². The van der Waals surface area contributed by atoms with Gasteiger partial charge in [-0.15, -0.1) is 0 Å². The molecule has 0 saturated carbocycles. The molecule has 2 rings (SSSR count). The first-order chi connectivity index (χ1) is 10.7. The minimum atomic E-state index is -3.59. The first kappa shape index (κ1) is 17.7. The predicted molar refractivity (Wildman–Crippen MR) is 88.1 cm³/mol. The van der Waals surface area contributed by atoms with E-state index < -0.39 is 10.0 Å². The fourth-order valence-electron chi connectivity index (χ4n) is 3.04. The first-order valence-electron chi connectivity index (χ1n) is 7.67. The Kier molecular flexibility index (Phi) is 5.31. The topological polar surface area (TPSA) is 75.7 Å². The van der Waals surface area contributed by atoms with Gasteiger partial charge in [-0.3, -0.25) is 4.79 Å². The highest BCUT2D eigenvalue weighted by molar-refractivity contribution is 7.89. The SMILES string of the molecule is COc1cc(C)c(S(=O)(=O)NC2CCN(C(C)=O)CC2)c(C)c1. The van der Waals surface area contributed by atoms with Crippen LogP contribution in [0.25, 0.3) is 0 Å². The number of rotatable bonds is 4. The summed E-state index contributed by atoms with van der Waals surface area (Å²) in [7, 11) is -2.03. The molecule has 1 aliphatic heterocycles. The molecule has 1 heterocycles. The minimum absolute atomic E-state index is 0.0353. The number of likely N-dealkylation sites (tertiary alicyclic amines) is 1. The highest BCUT2D eigenvalue weighted by atomic mass is 32.2. The van der Waals surface area contributed by atoms with Crippen molar-refractivity contribution in [2.45, 2.75) is 44.6 Å². The Morgan fingerprint density at radius 1 is 1.22 bits per heavy atom. The van der Waals surface area contributed by atoms with Crippen molar-refractivity contribution in [2.75, 3.05) is 20.2 Å². The Bertz CT molecular complexity index is 669. The summed E-state index contributed by atoms with van der Waals surface area (Å²) >= 11 is 0. The van der Waals surface area contributed by atoms with E-state index in [9.17, 15) is 13.2 Å². The van der Waals surface area contributed by atoms with Crippen molar-refractivity contribution in [3.8, 4) is 5.75 Å². The normalized spacial score (nSPS) is 16.4. The largest absolute Gasteiger partial charge is 0.497 e. The summed E-state index contributed by atoms with van der Waals surface area (Å²) in [4.78, 5) is 13.4. The third kappa shape index (κ3) is 4.03. The van der Waals surface area contributed by atoms with Crippen molar-refractivity contribution in [1.29, 1.82) is 0 Å². The molecule has 0 aromatic heterocycles. The monoisotopic (exact) mass is 340 g/mol. The van der Waals surface area contributed by atoms with Gasteiger partial charge in [0.25, 0.3) is 0 Å². The molecule has 23 heavy (non-hydrogen) atoms. The van der Waals surface area contributed by atoms with Crippen molar-refractivity contribution in [3.63, 3.8) is 0 Å². The van der Waals surface area contributed by atoms with Crippen molar-refractivity contribution < 1.29 is 17.9 Å². The molecule has 7 heteroatoms. The standard InChI is InChI=1S/C16H24N2O4S/c1-11-9-15(22-4)10-12(2)16(11)23(20,21)17-14-5-7-18(8-6-14)13(3)19/h9-10,14,17H,5-8H2,1-4H3. The highest BCUT2D eigenvalue weighted by Gasteiger charge is 2.27. The van der Waals surface area contributed by atoms with Gasteiger partial charge in [-0.05, 0) is 49.9 Å². The molecule has 1 aromatic carbocycles. The third-order valence-electron chi connectivity index (χ3n) is 4.20. The first-order valence-corrected chi connectivity index (χ1v) is 9.16. The molecule has 0 radical (unpaired) electrons. The van der Waals surface area contributed by atoms with Crippen LogP contribution in [0.5, 0.6) is 5.75 Å². The lowest BCUT2D eigenvalue weighted by molar-refractivity contribution is -0.129. The van der Waals surface area contributed by atoms with E-state index in [0.29, 0.717) is 47.7 Å². The van der Waals surface area contributed by atoms with E-state index in [0.717, 1.165) is 0 Å². The third-order valence-corrected chi connectivity index (χ3v) is 6.03. The molecular formula is C16H24N2O4S. The van der Waals surface area contributed by atoms with E-state index in [2.05, 4.69) is 4.72 Å². The summed E-state index contributed by atoms with van der Waals surface area (Å²) in [5.74, 6) is 0.682. The van der Waals surface area contributed by atoms with Gasteiger partial charge in [0.2, 0.25) is 15.9 Å². The lowest BCUT2D eigenvalue weighted by atomic mass is 10.1. The summed E-state index contributed by atoms with van der Waals surface area (Å²) < 4.78 is 33.4. The number of nitrogens with one attached hydrogen (secondary N) is 1. The Hall–Kier alpha value is -1.60. The Morgan fingerprint density at radius 3 is 2.17 bits per heavy atom. The maximum Gasteiger partial charge on any atom is 0.241 e. The number of amides is 1. The van der Waals surface area contributed by atoms with E-state index in [4.69, 9.17) is 4.74 Å². The lowest BCUT2D eigenvalue weighted by Crippen LogP contribution is -2.46. The van der Waals surface area contributed by atoms with Gasteiger partial charge in [0.1, 0.15) is 5.75 Å². The maximum absolute atomic E-state index is 12.7. The molecule has 0 bridgehead atoms. The summed E-state index contributed by atoms with van der Waals surface area (Å²) in [6.07, 6.45) is 1.26. The number of sulfonamides is 1. The molecule has 1 aromatic rings. The molecule has 0 atom stereocenters. The minimum Gasteiger partial charge on any atom is -0.497 e. The smallest absolute Gasteiger partial charge is 0.241 e. The molecule has 1 N–H and O–H groups in total. The van der Waals surface area contributed by atoms with Crippen molar-refractivity contribution >= 4 is 15.9 Å². The van der Waals surface area contributed by atoms with Crippen LogP contribution in [0.3, 0.4) is 0 Å². The number of ether oxygens (including phenoxy) is 1. The van der Waals surface area contributed by atoms with Crippen LogP contribution in [-0.2, 0) is 14.8 Å². The number of carbonyl (C=O) groups is 1. The number of carbonyl (C=O) groups excluding carboxylic acids is 1. The highest BCUT2D eigenvalue weighted by Crippen LogP contribution is 2.26. The Labute approximate surface area is 137 Å². The predicted octanol–water partition coefficient (Wildman–Crippen LogP) is 1.60. The van der Waals surface area contributed by atoms with Crippen LogP contribution in [0.15, 0.2) is 17.0 Å². The Morgan fingerprint density at radius 2 is 1.74 bits per heavy atom. The summed E-state index contributed by atoms with van der Waals surface area (Å²) in [6, 6.07) is 3.30. The van der Waals surface area contributed by atoms with Crippen LogP contribution >= 0.6 is 0 Å². The van der Waals surface area contributed by atoms with Gasteiger partial charge >= 0.3 is 0 Å². The average molecular weight is 340 g/mol. The van der Waals surface area contributed by atoms with Crippen LogP contribution in [-0.4, -0.2) is 45.5 Å². The van der Waals surface area contributed by atoms with E-state index >= 15 is 0 Å². The van der Waals surface area contributed by atoms with Crippen LogP contribution in [0.4, 0.5) is 0 Å². The summed E-state index contributed by atoms with van der Waals surface area (Å²) in [5.41, 5.74) is 1.33. The number of piperidine rings is 1. The fourth-order valence-corrected chi connectivity index (χ4v) is 4.80. The number of aryl methyl sites for hydroxylation is 2. The van der Waals surface area contributed by atoms with Crippen LogP contribution in [0.2, 0.25) is 0 Å². The molecule has 1 amide bonds. The molecule has 0 spiro atoms. The molecule has 1 saturated heterocycles. The summed E-state index contributed by atoms with van der Waals surface area (Å²) in [6.45, 7) is 6.24. The second-order valence-electron chi connectivity index (χ2n) is 5.99. The van der Waals surface area contributed by atoms with Gasteiger partial charge in [-0.1, -0.05) is 0 Å². The van der Waals surface area contributed by atoms with Crippen molar-refractivity contribution in [2.24, 2.45) is 0 Å². The zero-order valence-electron chi connectivity index (χ0n) is 14.0. The number of benzene rings is 1. The second kappa shape index (κ2) is 6.88. The zero-order chi connectivity index (χ0) is 17.2. The molecule has 1 fully saturated rings. The number of methoxy groups -OCH3 is 1.